The van der Waals surface area contributed by atoms with Gasteiger partial charge in [-0.15, -0.1) is 10.2 Å². The molecule has 0 radical (unpaired) electrons. The molecule has 2 rings (SSSR count). The number of esters is 1. The largest absolute Gasteiger partial charge is 0.508 e. The molecule has 0 bridgehead atoms. The first kappa shape index (κ1) is 19.9. The lowest BCUT2D eigenvalue weighted by atomic mass is 10.1. The molecule has 2 aromatic rings. The van der Waals surface area contributed by atoms with Crippen molar-refractivity contribution in [2.24, 2.45) is 10.2 Å². The van der Waals surface area contributed by atoms with Crippen LogP contribution in [0.1, 0.15) is 21.6 Å². The number of pyridine rings is 1. The van der Waals surface area contributed by atoms with E-state index in [1.807, 2.05) is 0 Å². The molecule has 0 unspecified atom stereocenters. The number of aliphatic carboxylic acids is 1. The van der Waals surface area contributed by atoms with Crippen LogP contribution < -0.4 is 0 Å². The van der Waals surface area contributed by atoms with E-state index in [0.29, 0.717) is 11.3 Å². The highest BCUT2D eigenvalue weighted by molar-refractivity contribution is 5.87. The predicted molar refractivity (Wildman–Crippen MR) is 91.0 cm³/mol. The number of phenolic OH excluding ortho intramolecular Hbond substituents is 1. The molecule has 10 nitrogen and oxygen atoms in total. The Bertz CT molecular complexity index is 868. The van der Waals surface area contributed by atoms with Crippen LogP contribution in [-0.2, 0) is 32.3 Å². The minimum Gasteiger partial charge on any atom is -0.508 e. The third-order valence-electron chi connectivity index (χ3n) is 3.28. The Morgan fingerprint density at radius 2 is 1.93 bits per heavy atom. The van der Waals surface area contributed by atoms with Gasteiger partial charge < -0.3 is 14.9 Å². The van der Waals surface area contributed by atoms with Gasteiger partial charge in [0.25, 0.3) is 0 Å². The van der Waals surface area contributed by atoms with E-state index >= 15 is 0 Å². The van der Waals surface area contributed by atoms with Crippen molar-refractivity contribution in [3.8, 4) is 5.75 Å². The number of hydrogen-bond donors (Lipinski definition) is 2. The van der Waals surface area contributed by atoms with Gasteiger partial charge in [-0.3, -0.25) is 4.79 Å². The van der Waals surface area contributed by atoms with E-state index in [4.69, 9.17) is 9.99 Å². The topological polar surface area (TPSA) is 140 Å². The summed E-state index contributed by atoms with van der Waals surface area (Å²) in [5.41, 5.74) is 1.08. The van der Waals surface area contributed by atoms with Gasteiger partial charge in [0.1, 0.15) is 12.4 Å². The first-order chi connectivity index (χ1) is 12.9. The fourth-order valence-electron chi connectivity index (χ4n) is 2.09. The highest BCUT2D eigenvalue weighted by Crippen LogP contribution is 2.25. The molecule has 0 amide bonds. The number of carbonyl (C=O) groups excluding carboxylic acids is 1. The third-order valence-corrected chi connectivity index (χ3v) is 3.28. The van der Waals surface area contributed by atoms with Crippen molar-refractivity contribution in [3.05, 3.63) is 47.2 Å². The van der Waals surface area contributed by atoms with Crippen molar-refractivity contribution in [2.75, 3.05) is 14.2 Å². The summed E-state index contributed by atoms with van der Waals surface area (Å²) < 4.78 is 4.65. The molecule has 1 aromatic heterocycles. The molecule has 0 aliphatic carbocycles. The van der Waals surface area contributed by atoms with Crippen LogP contribution in [0.15, 0.2) is 40.6 Å². The van der Waals surface area contributed by atoms with Gasteiger partial charge in [-0.1, -0.05) is 0 Å². The summed E-state index contributed by atoms with van der Waals surface area (Å²) in [6.07, 6.45) is -0.357. The molecule has 0 fully saturated rings. The molecule has 1 heterocycles. The molecule has 142 valence electrons. The van der Waals surface area contributed by atoms with E-state index < -0.39 is 11.9 Å². The number of phenols is 1. The van der Waals surface area contributed by atoms with Crippen LogP contribution in [0, 0.1) is 0 Å². The molecule has 0 spiro atoms. The number of hydrogen-bond acceptors (Lipinski definition) is 9. The molecule has 0 aliphatic heterocycles. The monoisotopic (exact) mass is 375 g/mol. The van der Waals surface area contributed by atoms with E-state index in [1.54, 1.807) is 0 Å². The van der Waals surface area contributed by atoms with Crippen LogP contribution >= 0.6 is 0 Å². The Balaban J connectivity index is 2.32. The lowest BCUT2D eigenvalue weighted by Crippen LogP contribution is -2.05. The Kier molecular flexibility index (Phi) is 6.92. The number of carboxylic acid groups (broad SMARTS) is 1. The zero-order chi connectivity index (χ0) is 19.8. The zero-order valence-electron chi connectivity index (χ0n) is 14.6. The summed E-state index contributed by atoms with van der Waals surface area (Å²) in [4.78, 5) is 36.0. The minimum absolute atomic E-state index is 0.0147. The fraction of sp³-hybridized carbons (Fsp3) is 0.235. The van der Waals surface area contributed by atoms with Crippen molar-refractivity contribution >= 4 is 23.4 Å². The summed E-state index contributed by atoms with van der Waals surface area (Å²) in [7, 11) is 2.58. The van der Waals surface area contributed by atoms with Crippen LogP contribution in [0.25, 0.3) is 0 Å². The van der Waals surface area contributed by atoms with Crippen molar-refractivity contribution in [3.63, 3.8) is 0 Å². The van der Waals surface area contributed by atoms with Crippen molar-refractivity contribution in [1.29, 1.82) is 0 Å². The van der Waals surface area contributed by atoms with E-state index in [-0.39, 0.29) is 35.9 Å². The van der Waals surface area contributed by atoms with Crippen molar-refractivity contribution in [1.82, 2.24) is 4.98 Å². The molecule has 0 atom stereocenters. The second-order valence-corrected chi connectivity index (χ2v) is 5.22. The molecular weight excluding hydrogens is 358 g/mol. The summed E-state index contributed by atoms with van der Waals surface area (Å²) in [5.74, 6) is -1.78. The number of methoxy groups -OCH3 is 1. The fourth-order valence-corrected chi connectivity index (χ4v) is 2.09. The van der Waals surface area contributed by atoms with Crippen molar-refractivity contribution < 1.29 is 34.3 Å². The van der Waals surface area contributed by atoms with E-state index in [9.17, 15) is 14.7 Å². The van der Waals surface area contributed by atoms with Gasteiger partial charge in [0.05, 0.1) is 26.3 Å². The molecule has 0 saturated carbocycles. The van der Waals surface area contributed by atoms with E-state index in [2.05, 4.69) is 24.8 Å². The van der Waals surface area contributed by atoms with Crippen LogP contribution in [0.2, 0.25) is 0 Å². The average Bonchev–Trinajstić information content (AvgIpc) is 2.65. The number of carboxylic acids is 1. The minimum atomic E-state index is -1.09. The van der Waals surface area contributed by atoms with Crippen molar-refractivity contribution in [2.45, 2.75) is 13.0 Å². The van der Waals surface area contributed by atoms with Crippen LogP contribution in [0.3, 0.4) is 0 Å². The second-order valence-electron chi connectivity index (χ2n) is 5.22. The van der Waals surface area contributed by atoms with Gasteiger partial charge in [-0.05, 0) is 35.9 Å². The molecular formula is C17H17N3O7. The molecule has 2 N–H and O–H groups in total. The lowest BCUT2D eigenvalue weighted by Gasteiger charge is -2.05. The molecule has 0 saturated heterocycles. The number of azo groups is 1. The number of aromatic nitrogens is 1. The number of ether oxygens (including phenoxy) is 1. The third kappa shape index (κ3) is 5.83. The van der Waals surface area contributed by atoms with Gasteiger partial charge in [0.2, 0.25) is 0 Å². The van der Waals surface area contributed by atoms with E-state index in [0.717, 1.165) is 0 Å². The first-order valence-electron chi connectivity index (χ1n) is 7.63. The Labute approximate surface area is 154 Å². The van der Waals surface area contributed by atoms with Crippen LogP contribution in [0.5, 0.6) is 5.75 Å². The number of nitrogens with zero attached hydrogens (tertiary/aromatic N) is 3. The highest BCUT2D eigenvalue weighted by atomic mass is 17.2. The van der Waals surface area contributed by atoms with Gasteiger partial charge in [-0.2, -0.15) is 0 Å². The summed E-state index contributed by atoms with van der Waals surface area (Å²) in [6, 6.07) is 7.18. The SMILES string of the molecule is COOCc1cc(N=Nc2ccc(O)c(CC(=O)O)c2)nc(C(=O)OC)c1. The summed E-state index contributed by atoms with van der Waals surface area (Å²) in [6.45, 7) is 0.0491. The standard InChI is InChI=1S/C17H17N3O7/c1-25-17(24)13-5-10(9-27-26-2)6-15(18-13)20-19-12-3-4-14(21)11(7-12)8-16(22)23/h3-7,21H,8-9H2,1-2H3,(H,22,23). The summed E-state index contributed by atoms with van der Waals surface area (Å²) >= 11 is 0. The first-order valence-corrected chi connectivity index (χ1v) is 7.63. The molecule has 1 aromatic carbocycles. The quantitative estimate of drug-likeness (QED) is 0.311. The number of benzene rings is 1. The molecule has 0 aliphatic rings. The predicted octanol–water partition coefficient (Wildman–Crippen LogP) is 2.69. The highest BCUT2D eigenvalue weighted by Gasteiger charge is 2.12. The average molecular weight is 375 g/mol. The van der Waals surface area contributed by atoms with Crippen LogP contribution in [-0.4, -0.2) is 41.4 Å². The Hall–Kier alpha value is -3.37. The zero-order valence-corrected chi connectivity index (χ0v) is 14.6. The molecule has 10 heteroatoms. The molecule has 27 heavy (non-hydrogen) atoms. The van der Waals surface area contributed by atoms with Gasteiger partial charge in [0, 0.05) is 5.56 Å². The normalized spacial score (nSPS) is 10.9. The Morgan fingerprint density at radius 1 is 1.15 bits per heavy atom. The maximum atomic E-state index is 11.7. The maximum absolute atomic E-state index is 11.7. The van der Waals surface area contributed by atoms with Gasteiger partial charge >= 0.3 is 11.9 Å². The van der Waals surface area contributed by atoms with Crippen LogP contribution in [0.4, 0.5) is 11.5 Å². The number of aromatic hydroxyl groups is 1. The van der Waals surface area contributed by atoms with Gasteiger partial charge in [-0.25, -0.2) is 19.6 Å². The second kappa shape index (κ2) is 9.36. The number of carbonyl (C=O) groups is 2. The maximum Gasteiger partial charge on any atom is 0.356 e. The van der Waals surface area contributed by atoms with Gasteiger partial charge in [0.15, 0.2) is 11.5 Å². The summed E-state index contributed by atoms with van der Waals surface area (Å²) in [5, 5.41) is 26.5. The smallest absolute Gasteiger partial charge is 0.356 e. The Morgan fingerprint density at radius 3 is 2.59 bits per heavy atom. The number of rotatable bonds is 8. The lowest BCUT2D eigenvalue weighted by molar-refractivity contribution is -0.282. The van der Waals surface area contributed by atoms with E-state index in [1.165, 1.54) is 44.6 Å².